The van der Waals surface area contributed by atoms with Gasteiger partial charge in [-0.3, -0.25) is 9.55 Å². The first kappa shape index (κ1) is 28.9. The quantitative estimate of drug-likeness (QED) is 0.185. The molecule has 6 heteroatoms. The van der Waals surface area contributed by atoms with Gasteiger partial charge in [0.05, 0.1) is 22.1 Å². The van der Waals surface area contributed by atoms with Crippen molar-refractivity contribution in [3.63, 3.8) is 0 Å². The fraction of sp³-hybridized carbons (Fsp3) is 0.0213. The molecule has 0 radical (unpaired) electrons. The second-order valence-corrected chi connectivity index (χ2v) is 14.7. The lowest BCUT2D eigenvalue weighted by atomic mass is 9.70. The number of rotatable bonds is 3. The Bertz CT molecular complexity index is 3020. The first-order chi connectivity index (χ1) is 26.3. The Balaban J connectivity index is 1.33. The molecular formula is C47H27N5S. The van der Waals surface area contributed by atoms with E-state index in [0.717, 1.165) is 33.2 Å². The molecule has 10 aromatic rings. The molecule has 1 spiro atoms. The van der Waals surface area contributed by atoms with Crippen molar-refractivity contribution in [3.05, 3.63) is 185 Å². The van der Waals surface area contributed by atoms with Gasteiger partial charge in [-0.25, -0.2) is 4.98 Å². The van der Waals surface area contributed by atoms with Gasteiger partial charge in [0.1, 0.15) is 0 Å². The lowest BCUT2D eigenvalue weighted by Gasteiger charge is -2.31. The summed E-state index contributed by atoms with van der Waals surface area (Å²) in [7, 11) is 0. The topological polar surface area (TPSA) is 56.5 Å². The second-order valence-electron chi connectivity index (χ2n) is 13.7. The van der Waals surface area contributed by atoms with Crippen LogP contribution in [-0.2, 0) is 5.41 Å². The molecular weight excluding hydrogens is 667 g/mol. The number of aromatic nitrogens is 5. The highest BCUT2D eigenvalue weighted by Crippen LogP contribution is 2.66. The summed E-state index contributed by atoms with van der Waals surface area (Å²) in [4.78, 5) is 21.0. The van der Waals surface area contributed by atoms with Crippen molar-refractivity contribution < 1.29 is 0 Å². The van der Waals surface area contributed by atoms with E-state index in [-0.39, 0.29) is 0 Å². The largest absolute Gasteiger partial charge is 0.277 e. The molecule has 0 amide bonds. The maximum absolute atomic E-state index is 5.35. The van der Waals surface area contributed by atoms with Crippen LogP contribution in [0.2, 0.25) is 0 Å². The number of hydrogen-bond acceptors (Lipinski definition) is 5. The molecule has 6 aromatic carbocycles. The van der Waals surface area contributed by atoms with E-state index >= 15 is 0 Å². The maximum atomic E-state index is 5.35. The van der Waals surface area contributed by atoms with Crippen molar-refractivity contribution >= 4 is 43.2 Å². The third-order valence-corrected chi connectivity index (χ3v) is 12.1. The first-order valence-electron chi connectivity index (χ1n) is 17.8. The number of benzene rings is 6. The molecule has 5 nitrogen and oxygen atoms in total. The summed E-state index contributed by atoms with van der Waals surface area (Å²) in [6, 6.07) is 53.7. The molecule has 53 heavy (non-hydrogen) atoms. The number of hydrogen-bond donors (Lipinski definition) is 0. The zero-order valence-electron chi connectivity index (χ0n) is 28.2. The molecule has 2 aliphatic carbocycles. The van der Waals surface area contributed by atoms with Crippen LogP contribution in [0.1, 0.15) is 22.3 Å². The average Bonchev–Trinajstić information content (AvgIpc) is 3.99. The summed E-state index contributed by atoms with van der Waals surface area (Å²) in [6.45, 7) is 0. The van der Waals surface area contributed by atoms with Gasteiger partial charge in [0.25, 0.3) is 0 Å². The fourth-order valence-electron chi connectivity index (χ4n) is 9.21. The molecule has 0 bridgehead atoms. The molecule has 0 saturated carbocycles. The van der Waals surface area contributed by atoms with Crippen LogP contribution in [0, 0.1) is 0 Å². The molecule has 2 aliphatic rings. The smallest absolute Gasteiger partial charge is 0.238 e. The number of nitrogens with zero attached hydrogens (tertiary/aromatic N) is 5. The van der Waals surface area contributed by atoms with Gasteiger partial charge in [-0.2, -0.15) is 9.97 Å². The van der Waals surface area contributed by atoms with E-state index in [1.54, 1.807) is 11.3 Å². The minimum atomic E-state index is -0.619. The fourth-order valence-corrected chi connectivity index (χ4v) is 10.2. The van der Waals surface area contributed by atoms with Gasteiger partial charge in [0.2, 0.25) is 5.95 Å². The standard InChI is InChI=1S/C47H27N5S/c1-3-14-28(15-4-1)44-49-45(29-16-5-2-6-17-29)51-46(50-44)52-37-24-12-9-20-32(37)38-33-25-27-53-43(33)39-40(42(38)52)47(36-23-13-26-48-41(36)39)34-21-10-7-18-30(34)31-19-8-11-22-35(31)47/h1-27H. The van der Waals surface area contributed by atoms with Crippen molar-refractivity contribution in [1.29, 1.82) is 0 Å². The average molecular weight is 694 g/mol. The van der Waals surface area contributed by atoms with Crippen molar-refractivity contribution in [2.45, 2.75) is 5.41 Å². The van der Waals surface area contributed by atoms with E-state index in [1.165, 1.54) is 54.4 Å². The minimum Gasteiger partial charge on any atom is -0.277 e. The predicted octanol–water partition coefficient (Wildman–Crippen LogP) is 11.3. The monoisotopic (exact) mass is 693 g/mol. The van der Waals surface area contributed by atoms with Gasteiger partial charge >= 0.3 is 0 Å². The van der Waals surface area contributed by atoms with E-state index in [1.807, 2.05) is 42.6 Å². The molecule has 0 saturated heterocycles. The molecule has 0 N–H and O–H groups in total. The molecule has 0 fully saturated rings. The Morgan fingerprint density at radius 2 is 1.13 bits per heavy atom. The second kappa shape index (κ2) is 10.6. The van der Waals surface area contributed by atoms with Gasteiger partial charge in [0, 0.05) is 49.3 Å². The van der Waals surface area contributed by atoms with Crippen LogP contribution in [0.25, 0.3) is 83.0 Å². The Labute approximate surface area is 308 Å². The zero-order valence-corrected chi connectivity index (χ0v) is 29.0. The van der Waals surface area contributed by atoms with Crippen molar-refractivity contribution in [2.75, 3.05) is 0 Å². The number of para-hydroxylation sites is 1. The molecule has 12 rings (SSSR count). The van der Waals surface area contributed by atoms with Crippen molar-refractivity contribution in [1.82, 2.24) is 24.5 Å². The van der Waals surface area contributed by atoms with Gasteiger partial charge < -0.3 is 0 Å². The van der Waals surface area contributed by atoms with Crippen LogP contribution in [0.3, 0.4) is 0 Å². The minimum absolute atomic E-state index is 0.583. The van der Waals surface area contributed by atoms with Crippen LogP contribution >= 0.6 is 11.3 Å². The van der Waals surface area contributed by atoms with Crippen molar-refractivity contribution in [2.24, 2.45) is 0 Å². The highest BCUT2D eigenvalue weighted by molar-refractivity contribution is 7.18. The Morgan fingerprint density at radius 1 is 0.528 bits per heavy atom. The van der Waals surface area contributed by atoms with Gasteiger partial charge in [0.15, 0.2) is 11.6 Å². The van der Waals surface area contributed by atoms with E-state index in [2.05, 4.69) is 125 Å². The highest BCUT2D eigenvalue weighted by Gasteiger charge is 2.54. The summed E-state index contributed by atoms with van der Waals surface area (Å²) in [5.41, 5.74) is 13.1. The Kier molecular flexibility index (Phi) is 5.80. The molecule has 4 aromatic heterocycles. The highest BCUT2D eigenvalue weighted by atomic mass is 32.1. The van der Waals surface area contributed by atoms with Crippen LogP contribution in [0.4, 0.5) is 0 Å². The SMILES string of the molecule is c1ccc(-c2nc(-c3ccccc3)nc(-n3c4ccccc4c4c5ccsc5c5c(c43)C3(c4ccccc4-c4ccccc43)c3cccnc3-5)n2)cc1. The number of fused-ring (bicyclic) bond motifs is 17. The third kappa shape index (κ3) is 3.70. The van der Waals surface area contributed by atoms with Crippen LogP contribution in [-0.4, -0.2) is 24.5 Å². The summed E-state index contributed by atoms with van der Waals surface area (Å²) in [5, 5.41) is 5.81. The number of thiophene rings is 1. The Hall–Kier alpha value is -6.76. The van der Waals surface area contributed by atoms with E-state index in [9.17, 15) is 0 Å². The summed E-state index contributed by atoms with van der Waals surface area (Å²) in [6.07, 6.45) is 1.94. The molecule has 246 valence electrons. The normalized spacial score (nSPS) is 13.4. The molecule has 0 unspecified atom stereocenters. The third-order valence-electron chi connectivity index (χ3n) is 11.2. The van der Waals surface area contributed by atoms with E-state index < -0.39 is 5.41 Å². The van der Waals surface area contributed by atoms with E-state index in [0.29, 0.717) is 17.6 Å². The Morgan fingerprint density at radius 3 is 1.83 bits per heavy atom. The summed E-state index contributed by atoms with van der Waals surface area (Å²) >= 11 is 1.80. The molecule has 4 heterocycles. The van der Waals surface area contributed by atoms with Gasteiger partial charge in [-0.15, -0.1) is 11.3 Å². The van der Waals surface area contributed by atoms with E-state index in [4.69, 9.17) is 19.9 Å². The van der Waals surface area contributed by atoms with Gasteiger partial charge in [-0.1, -0.05) is 133 Å². The summed E-state index contributed by atoms with van der Waals surface area (Å²) in [5.74, 6) is 1.84. The van der Waals surface area contributed by atoms with Crippen LogP contribution in [0.15, 0.2) is 163 Å². The molecule has 0 atom stereocenters. The zero-order chi connectivity index (χ0) is 34.7. The lowest BCUT2D eigenvalue weighted by Crippen LogP contribution is -2.27. The van der Waals surface area contributed by atoms with Gasteiger partial charge in [-0.05, 0) is 51.4 Å². The lowest BCUT2D eigenvalue weighted by molar-refractivity contribution is 0.793. The van der Waals surface area contributed by atoms with Crippen LogP contribution in [0.5, 0.6) is 0 Å². The predicted molar refractivity (Wildman–Crippen MR) is 215 cm³/mol. The molecule has 0 aliphatic heterocycles. The number of pyridine rings is 1. The first-order valence-corrected chi connectivity index (χ1v) is 18.7. The van der Waals surface area contributed by atoms with Crippen molar-refractivity contribution in [3.8, 4) is 51.1 Å². The summed E-state index contributed by atoms with van der Waals surface area (Å²) < 4.78 is 3.57. The maximum Gasteiger partial charge on any atom is 0.238 e. The van der Waals surface area contributed by atoms with Crippen LogP contribution < -0.4 is 0 Å².